The highest BCUT2D eigenvalue weighted by Crippen LogP contribution is 2.27. The molecule has 88 valence electrons. The van der Waals surface area contributed by atoms with Crippen molar-refractivity contribution < 1.29 is 5.11 Å². The van der Waals surface area contributed by atoms with Crippen molar-refractivity contribution in [2.24, 2.45) is 0 Å². The second kappa shape index (κ2) is 4.04. The van der Waals surface area contributed by atoms with Gasteiger partial charge >= 0.3 is 0 Å². The van der Waals surface area contributed by atoms with E-state index in [1.807, 2.05) is 30.3 Å². The molecule has 0 aliphatic heterocycles. The zero-order chi connectivity index (χ0) is 12.5. The standard InChI is InChI=1S/C15H11NO2/c17-11-7-5-10(6-8-11)14-9-16-15(18)13-4-2-1-3-12(13)14/h1-9,17H,(H,16,18). The Hall–Kier alpha value is -2.55. The van der Waals surface area contributed by atoms with Crippen molar-refractivity contribution in [2.45, 2.75) is 0 Å². The van der Waals surface area contributed by atoms with Gasteiger partial charge in [-0.05, 0) is 29.1 Å². The molecule has 1 heterocycles. The highest BCUT2D eigenvalue weighted by molar-refractivity contribution is 5.95. The van der Waals surface area contributed by atoms with Gasteiger partial charge in [0.1, 0.15) is 5.75 Å². The van der Waals surface area contributed by atoms with Gasteiger partial charge in [-0.25, -0.2) is 0 Å². The summed E-state index contributed by atoms with van der Waals surface area (Å²) in [5, 5.41) is 10.9. The van der Waals surface area contributed by atoms with Crippen molar-refractivity contribution in [2.75, 3.05) is 0 Å². The zero-order valence-corrected chi connectivity index (χ0v) is 9.55. The highest BCUT2D eigenvalue weighted by Gasteiger charge is 2.05. The third-order valence-electron chi connectivity index (χ3n) is 2.99. The predicted octanol–water partition coefficient (Wildman–Crippen LogP) is 2.90. The first kappa shape index (κ1) is 10.6. The van der Waals surface area contributed by atoms with Gasteiger partial charge in [0.05, 0.1) is 0 Å². The van der Waals surface area contributed by atoms with E-state index in [2.05, 4.69) is 4.98 Å². The van der Waals surface area contributed by atoms with Gasteiger partial charge in [0.2, 0.25) is 0 Å². The maximum Gasteiger partial charge on any atom is 0.255 e. The van der Waals surface area contributed by atoms with Crippen LogP contribution in [0.3, 0.4) is 0 Å². The Balaban J connectivity index is 2.33. The van der Waals surface area contributed by atoms with Gasteiger partial charge in [0, 0.05) is 17.1 Å². The molecule has 0 atom stereocenters. The number of phenolic OH excluding ortho intramolecular Hbond substituents is 1. The molecule has 18 heavy (non-hydrogen) atoms. The molecule has 0 saturated heterocycles. The molecular weight excluding hydrogens is 226 g/mol. The van der Waals surface area contributed by atoms with Gasteiger partial charge in [0.25, 0.3) is 5.56 Å². The van der Waals surface area contributed by atoms with E-state index in [1.54, 1.807) is 24.4 Å². The van der Waals surface area contributed by atoms with E-state index in [-0.39, 0.29) is 11.3 Å². The fourth-order valence-corrected chi connectivity index (χ4v) is 2.09. The van der Waals surface area contributed by atoms with Crippen molar-refractivity contribution in [3.63, 3.8) is 0 Å². The molecule has 0 amide bonds. The summed E-state index contributed by atoms with van der Waals surface area (Å²) in [4.78, 5) is 14.5. The fraction of sp³-hybridized carbons (Fsp3) is 0. The second-order valence-corrected chi connectivity index (χ2v) is 4.12. The first-order valence-electron chi connectivity index (χ1n) is 5.65. The smallest absolute Gasteiger partial charge is 0.255 e. The molecular formula is C15H11NO2. The van der Waals surface area contributed by atoms with Crippen LogP contribution in [0.25, 0.3) is 21.9 Å². The molecule has 0 fully saturated rings. The number of nitrogens with one attached hydrogen (secondary N) is 1. The van der Waals surface area contributed by atoms with Crippen LogP contribution in [0.2, 0.25) is 0 Å². The third-order valence-corrected chi connectivity index (χ3v) is 2.99. The monoisotopic (exact) mass is 237 g/mol. The normalized spacial score (nSPS) is 10.7. The van der Waals surface area contributed by atoms with E-state index in [4.69, 9.17) is 0 Å². The molecule has 0 radical (unpaired) electrons. The number of hydrogen-bond acceptors (Lipinski definition) is 2. The Bertz CT molecular complexity index is 757. The molecule has 0 unspecified atom stereocenters. The van der Waals surface area contributed by atoms with Gasteiger partial charge in [-0.1, -0.05) is 30.3 Å². The zero-order valence-electron chi connectivity index (χ0n) is 9.55. The average molecular weight is 237 g/mol. The topological polar surface area (TPSA) is 53.1 Å². The molecule has 0 bridgehead atoms. The SMILES string of the molecule is O=c1[nH]cc(-c2ccc(O)cc2)c2ccccc12. The summed E-state index contributed by atoms with van der Waals surface area (Å²) < 4.78 is 0. The lowest BCUT2D eigenvalue weighted by Crippen LogP contribution is -2.05. The number of fused-ring (bicyclic) bond motifs is 1. The minimum absolute atomic E-state index is 0.0897. The van der Waals surface area contributed by atoms with E-state index in [9.17, 15) is 9.90 Å². The number of aromatic amines is 1. The van der Waals surface area contributed by atoms with Crippen LogP contribution in [0.5, 0.6) is 5.75 Å². The Morgan fingerprint density at radius 3 is 2.28 bits per heavy atom. The van der Waals surface area contributed by atoms with Crippen LogP contribution in [0.15, 0.2) is 59.5 Å². The van der Waals surface area contributed by atoms with E-state index in [1.165, 1.54) is 0 Å². The maximum absolute atomic E-state index is 11.7. The average Bonchev–Trinajstić information content (AvgIpc) is 2.41. The van der Waals surface area contributed by atoms with Crippen molar-refractivity contribution in [3.8, 4) is 16.9 Å². The van der Waals surface area contributed by atoms with Crippen LogP contribution < -0.4 is 5.56 Å². The first-order valence-corrected chi connectivity index (χ1v) is 5.65. The highest BCUT2D eigenvalue weighted by atomic mass is 16.3. The van der Waals surface area contributed by atoms with Crippen LogP contribution in [0, 0.1) is 0 Å². The Morgan fingerprint density at radius 2 is 1.56 bits per heavy atom. The van der Waals surface area contributed by atoms with Crippen LogP contribution in [-0.2, 0) is 0 Å². The first-order chi connectivity index (χ1) is 8.75. The van der Waals surface area contributed by atoms with Gasteiger partial charge in [-0.2, -0.15) is 0 Å². The van der Waals surface area contributed by atoms with E-state index < -0.39 is 0 Å². The molecule has 0 saturated carbocycles. The number of hydrogen-bond donors (Lipinski definition) is 2. The summed E-state index contributed by atoms with van der Waals surface area (Å²) in [6.45, 7) is 0. The molecule has 0 spiro atoms. The van der Waals surface area contributed by atoms with Crippen LogP contribution >= 0.6 is 0 Å². The summed E-state index contributed by atoms with van der Waals surface area (Å²) >= 11 is 0. The lowest BCUT2D eigenvalue weighted by Gasteiger charge is -2.06. The summed E-state index contributed by atoms with van der Waals surface area (Å²) in [6, 6.07) is 14.4. The summed E-state index contributed by atoms with van der Waals surface area (Å²) in [5.41, 5.74) is 1.82. The number of H-pyrrole nitrogens is 1. The molecule has 0 aliphatic carbocycles. The molecule has 0 aliphatic rings. The molecule has 2 aromatic carbocycles. The molecule has 3 aromatic rings. The van der Waals surface area contributed by atoms with Crippen LogP contribution in [0.4, 0.5) is 0 Å². The van der Waals surface area contributed by atoms with Crippen LogP contribution in [-0.4, -0.2) is 10.1 Å². The predicted molar refractivity (Wildman–Crippen MR) is 71.7 cm³/mol. The molecule has 3 nitrogen and oxygen atoms in total. The molecule has 3 rings (SSSR count). The number of benzene rings is 2. The van der Waals surface area contributed by atoms with Crippen LogP contribution in [0.1, 0.15) is 0 Å². The number of aromatic hydroxyl groups is 1. The number of aromatic nitrogens is 1. The van der Waals surface area contributed by atoms with Crippen molar-refractivity contribution in [1.29, 1.82) is 0 Å². The number of rotatable bonds is 1. The van der Waals surface area contributed by atoms with Gasteiger partial charge in [0.15, 0.2) is 0 Å². The van der Waals surface area contributed by atoms with Crippen molar-refractivity contribution in [3.05, 3.63) is 65.1 Å². The number of phenols is 1. The van der Waals surface area contributed by atoms with Gasteiger partial charge in [-0.3, -0.25) is 4.79 Å². The van der Waals surface area contributed by atoms with Gasteiger partial charge in [-0.15, -0.1) is 0 Å². The fourth-order valence-electron chi connectivity index (χ4n) is 2.09. The Labute approximate surface area is 103 Å². The molecule has 1 aromatic heterocycles. The maximum atomic E-state index is 11.7. The third kappa shape index (κ3) is 1.66. The van der Waals surface area contributed by atoms with Crippen molar-refractivity contribution in [1.82, 2.24) is 4.98 Å². The minimum atomic E-state index is -0.0897. The largest absolute Gasteiger partial charge is 0.508 e. The Morgan fingerprint density at radius 1 is 0.889 bits per heavy atom. The Kier molecular flexibility index (Phi) is 2.38. The van der Waals surface area contributed by atoms with E-state index in [0.717, 1.165) is 16.5 Å². The quantitative estimate of drug-likeness (QED) is 0.683. The van der Waals surface area contributed by atoms with E-state index >= 15 is 0 Å². The summed E-state index contributed by atoms with van der Waals surface area (Å²) in [7, 11) is 0. The molecule has 3 heteroatoms. The van der Waals surface area contributed by atoms with Gasteiger partial charge < -0.3 is 10.1 Å². The number of pyridine rings is 1. The summed E-state index contributed by atoms with van der Waals surface area (Å²) in [5.74, 6) is 0.229. The van der Waals surface area contributed by atoms with Crippen molar-refractivity contribution >= 4 is 10.8 Å². The van der Waals surface area contributed by atoms with E-state index in [0.29, 0.717) is 5.39 Å². The lowest BCUT2D eigenvalue weighted by molar-refractivity contribution is 0.475. The lowest BCUT2D eigenvalue weighted by atomic mass is 10.0. The second-order valence-electron chi connectivity index (χ2n) is 4.12. The summed E-state index contributed by atoms with van der Waals surface area (Å²) in [6.07, 6.45) is 1.71. The minimum Gasteiger partial charge on any atom is -0.508 e. The molecule has 2 N–H and O–H groups in total.